The summed E-state index contributed by atoms with van der Waals surface area (Å²) >= 11 is 1.48. The molecule has 1 amide bonds. The highest BCUT2D eigenvalue weighted by Gasteiger charge is 2.14. The lowest BCUT2D eigenvalue weighted by atomic mass is 10.2. The molecule has 2 aromatic heterocycles. The van der Waals surface area contributed by atoms with E-state index in [1.807, 2.05) is 22.9 Å². The smallest absolute Gasteiger partial charge is 0.305 e. The minimum atomic E-state index is -0.920. The number of amides is 1. The maximum Gasteiger partial charge on any atom is 0.305 e. The molecule has 0 saturated carbocycles. The van der Waals surface area contributed by atoms with Gasteiger partial charge in [-0.25, -0.2) is 4.98 Å². The first kappa shape index (κ1) is 13.5. The number of carbonyl (C=O) groups is 2. The van der Waals surface area contributed by atoms with E-state index < -0.39 is 5.97 Å². The van der Waals surface area contributed by atoms with Crippen LogP contribution >= 0.6 is 11.3 Å². The Morgan fingerprint density at radius 3 is 3.00 bits per heavy atom. The molecular formula is C12H15N3O3S. The lowest BCUT2D eigenvalue weighted by Crippen LogP contribution is -2.35. The average molecular weight is 281 g/mol. The maximum absolute atomic E-state index is 11.8. The highest BCUT2D eigenvalue weighted by molar-refractivity contribution is 7.15. The number of hydrogen-bond acceptors (Lipinski definition) is 4. The van der Waals surface area contributed by atoms with Crippen molar-refractivity contribution < 1.29 is 14.7 Å². The zero-order chi connectivity index (χ0) is 14.0. The van der Waals surface area contributed by atoms with Crippen molar-refractivity contribution >= 4 is 28.2 Å². The van der Waals surface area contributed by atoms with E-state index in [0.717, 1.165) is 16.3 Å². The molecule has 0 aliphatic rings. The molecule has 1 atom stereocenters. The monoisotopic (exact) mass is 281 g/mol. The van der Waals surface area contributed by atoms with Gasteiger partial charge in [0.25, 0.3) is 0 Å². The van der Waals surface area contributed by atoms with Gasteiger partial charge in [-0.3, -0.25) is 14.0 Å². The first-order valence-corrected chi connectivity index (χ1v) is 6.77. The standard InChI is InChI=1S/C12H15N3O3S/c1-7(3-11(17)18)13-10(16)4-9-6-19-12-14-8(2)5-15(9)12/h5-7H,3-4H2,1-2H3,(H,13,16)(H,17,18). The fourth-order valence-electron chi connectivity index (χ4n) is 1.87. The van der Waals surface area contributed by atoms with Crippen LogP contribution in [-0.4, -0.2) is 32.4 Å². The van der Waals surface area contributed by atoms with Crippen LogP contribution in [0.25, 0.3) is 4.96 Å². The van der Waals surface area contributed by atoms with Crippen molar-refractivity contribution in [3.8, 4) is 0 Å². The van der Waals surface area contributed by atoms with Crippen LogP contribution in [0.3, 0.4) is 0 Å². The van der Waals surface area contributed by atoms with Crippen molar-refractivity contribution in [2.45, 2.75) is 32.7 Å². The van der Waals surface area contributed by atoms with E-state index in [4.69, 9.17) is 5.11 Å². The van der Waals surface area contributed by atoms with E-state index in [2.05, 4.69) is 10.3 Å². The number of aryl methyl sites for hydroxylation is 1. The molecule has 0 aliphatic carbocycles. The van der Waals surface area contributed by atoms with Gasteiger partial charge in [0.15, 0.2) is 4.96 Å². The molecule has 0 spiro atoms. The van der Waals surface area contributed by atoms with E-state index in [1.165, 1.54) is 11.3 Å². The topological polar surface area (TPSA) is 83.7 Å². The summed E-state index contributed by atoms with van der Waals surface area (Å²) in [5.74, 6) is -1.10. The Hall–Kier alpha value is -1.89. The third-order valence-electron chi connectivity index (χ3n) is 2.63. The number of nitrogens with zero attached hydrogens (tertiary/aromatic N) is 2. The van der Waals surface area contributed by atoms with E-state index in [9.17, 15) is 9.59 Å². The predicted octanol–water partition coefficient (Wildman–Crippen LogP) is 1.23. The number of nitrogens with one attached hydrogen (secondary N) is 1. The summed E-state index contributed by atoms with van der Waals surface area (Å²) in [6.45, 7) is 3.58. The summed E-state index contributed by atoms with van der Waals surface area (Å²) in [7, 11) is 0. The second-order valence-electron chi connectivity index (χ2n) is 4.51. The van der Waals surface area contributed by atoms with Crippen molar-refractivity contribution in [3.05, 3.63) is 23.0 Å². The Bertz CT molecular complexity index is 617. The highest BCUT2D eigenvalue weighted by Crippen LogP contribution is 2.16. The first-order chi connectivity index (χ1) is 8.95. The van der Waals surface area contributed by atoms with Crippen LogP contribution in [0.15, 0.2) is 11.6 Å². The van der Waals surface area contributed by atoms with Gasteiger partial charge in [0.05, 0.1) is 18.5 Å². The molecular weight excluding hydrogens is 266 g/mol. The second-order valence-corrected chi connectivity index (χ2v) is 5.34. The average Bonchev–Trinajstić information content (AvgIpc) is 2.78. The zero-order valence-corrected chi connectivity index (χ0v) is 11.5. The first-order valence-electron chi connectivity index (χ1n) is 5.89. The lowest BCUT2D eigenvalue weighted by Gasteiger charge is -2.11. The van der Waals surface area contributed by atoms with Crippen LogP contribution in [0, 0.1) is 6.92 Å². The SMILES string of the molecule is Cc1cn2c(CC(=O)NC(C)CC(=O)O)csc2n1. The molecule has 1 unspecified atom stereocenters. The number of rotatable bonds is 5. The highest BCUT2D eigenvalue weighted by atomic mass is 32.1. The van der Waals surface area contributed by atoms with Crippen LogP contribution in [0.2, 0.25) is 0 Å². The normalized spacial score (nSPS) is 12.5. The molecule has 2 aromatic rings. The van der Waals surface area contributed by atoms with Gasteiger partial charge in [-0.05, 0) is 13.8 Å². The number of hydrogen-bond donors (Lipinski definition) is 2. The number of carbonyl (C=O) groups excluding carboxylic acids is 1. The van der Waals surface area contributed by atoms with Crippen molar-refractivity contribution in [3.63, 3.8) is 0 Å². The van der Waals surface area contributed by atoms with Gasteiger partial charge in [0.1, 0.15) is 0 Å². The molecule has 0 radical (unpaired) electrons. The summed E-state index contributed by atoms with van der Waals surface area (Å²) in [4.78, 5) is 27.5. The van der Waals surface area contributed by atoms with Crippen LogP contribution < -0.4 is 5.32 Å². The van der Waals surface area contributed by atoms with Crippen molar-refractivity contribution in [1.29, 1.82) is 0 Å². The molecule has 6 nitrogen and oxygen atoms in total. The number of imidazole rings is 1. The second kappa shape index (κ2) is 5.40. The number of fused-ring (bicyclic) bond motifs is 1. The summed E-state index contributed by atoms with van der Waals surface area (Å²) in [5.41, 5.74) is 1.77. The molecule has 0 saturated heterocycles. The maximum atomic E-state index is 11.8. The summed E-state index contributed by atoms with van der Waals surface area (Å²) in [5, 5.41) is 13.2. The minimum Gasteiger partial charge on any atom is -0.481 e. The van der Waals surface area contributed by atoms with Gasteiger partial charge in [0, 0.05) is 23.3 Å². The zero-order valence-electron chi connectivity index (χ0n) is 10.7. The Kier molecular flexibility index (Phi) is 3.84. The summed E-state index contributed by atoms with van der Waals surface area (Å²) in [6, 6.07) is -0.372. The van der Waals surface area contributed by atoms with E-state index in [1.54, 1.807) is 6.92 Å². The van der Waals surface area contributed by atoms with Crippen molar-refractivity contribution in [1.82, 2.24) is 14.7 Å². The largest absolute Gasteiger partial charge is 0.481 e. The Morgan fingerprint density at radius 1 is 1.58 bits per heavy atom. The molecule has 102 valence electrons. The van der Waals surface area contributed by atoms with E-state index in [0.29, 0.717) is 0 Å². The molecule has 0 aliphatic heterocycles. The molecule has 2 N–H and O–H groups in total. The fraction of sp³-hybridized carbons (Fsp3) is 0.417. The third-order valence-corrected chi connectivity index (χ3v) is 3.52. The Morgan fingerprint density at radius 2 is 2.32 bits per heavy atom. The van der Waals surface area contributed by atoms with Crippen LogP contribution in [0.4, 0.5) is 0 Å². The molecule has 7 heteroatoms. The van der Waals surface area contributed by atoms with Crippen LogP contribution in [0.1, 0.15) is 24.7 Å². The van der Waals surface area contributed by atoms with E-state index in [-0.39, 0.29) is 24.8 Å². The van der Waals surface area contributed by atoms with Crippen molar-refractivity contribution in [2.75, 3.05) is 0 Å². The molecule has 0 bridgehead atoms. The van der Waals surface area contributed by atoms with Gasteiger partial charge in [-0.1, -0.05) is 0 Å². The third kappa shape index (κ3) is 3.31. The quantitative estimate of drug-likeness (QED) is 0.863. The number of thiazole rings is 1. The van der Waals surface area contributed by atoms with Gasteiger partial charge < -0.3 is 10.4 Å². The Labute approximate surface area is 114 Å². The fourth-order valence-corrected chi connectivity index (χ4v) is 2.79. The molecule has 19 heavy (non-hydrogen) atoms. The van der Waals surface area contributed by atoms with Gasteiger partial charge in [-0.2, -0.15) is 0 Å². The number of aliphatic carboxylic acids is 1. The van der Waals surface area contributed by atoms with Crippen molar-refractivity contribution in [2.24, 2.45) is 0 Å². The predicted molar refractivity (Wildman–Crippen MR) is 71.4 cm³/mol. The number of aromatic nitrogens is 2. The lowest BCUT2D eigenvalue weighted by molar-refractivity contribution is -0.137. The molecule has 0 fully saturated rings. The number of carboxylic acid groups (broad SMARTS) is 1. The molecule has 2 heterocycles. The Balaban J connectivity index is 2.00. The minimum absolute atomic E-state index is 0.0744. The molecule has 0 aromatic carbocycles. The van der Waals surface area contributed by atoms with Crippen LogP contribution in [-0.2, 0) is 16.0 Å². The van der Waals surface area contributed by atoms with E-state index >= 15 is 0 Å². The van der Waals surface area contributed by atoms with Crippen LogP contribution in [0.5, 0.6) is 0 Å². The molecule has 2 rings (SSSR count). The number of carboxylic acids is 1. The van der Waals surface area contributed by atoms with Gasteiger partial charge in [0.2, 0.25) is 5.91 Å². The summed E-state index contributed by atoms with van der Waals surface area (Å²) < 4.78 is 1.89. The summed E-state index contributed by atoms with van der Waals surface area (Å²) in [6.07, 6.45) is 2.03. The van der Waals surface area contributed by atoms with Gasteiger partial charge >= 0.3 is 5.97 Å². The van der Waals surface area contributed by atoms with Gasteiger partial charge in [-0.15, -0.1) is 11.3 Å².